The molecule has 3 nitrogen and oxygen atoms in total. The summed E-state index contributed by atoms with van der Waals surface area (Å²) in [6.07, 6.45) is 3.23. The highest BCUT2D eigenvalue weighted by Gasteiger charge is 2.45. The molecule has 0 spiro atoms. The van der Waals surface area contributed by atoms with Crippen molar-refractivity contribution in [1.29, 1.82) is 0 Å². The SMILES string of the molecule is CC1C(C(=O)O)CC2CCC1N2C. The molecule has 2 saturated heterocycles. The lowest BCUT2D eigenvalue weighted by atomic mass is 9.82. The van der Waals surface area contributed by atoms with Crippen molar-refractivity contribution in [2.75, 3.05) is 7.05 Å². The second-order valence-electron chi connectivity index (χ2n) is 4.50. The molecular formula is C10H17NO2. The van der Waals surface area contributed by atoms with Gasteiger partial charge in [0, 0.05) is 12.1 Å². The summed E-state index contributed by atoms with van der Waals surface area (Å²) >= 11 is 0. The summed E-state index contributed by atoms with van der Waals surface area (Å²) in [5.74, 6) is -0.382. The summed E-state index contributed by atoms with van der Waals surface area (Å²) in [7, 11) is 2.14. The summed E-state index contributed by atoms with van der Waals surface area (Å²) in [4.78, 5) is 13.4. The van der Waals surface area contributed by atoms with Crippen LogP contribution >= 0.6 is 0 Å². The van der Waals surface area contributed by atoms with Crippen LogP contribution in [0.4, 0.5) is 0 Å². The molecule has 74 valence electrons. The fourth-order valence-corrected chi connectivity index (χ4v) is 3.06. The van der Waals surface area contributed by atoms with Gasteiger partial charge in [-0.15, -0.1) is 0 Å². The molecule has 4 unspecified atom stereocenters. The summed E-state index contributed by atoms with van der Waals surface area (Å²) < 4.78 is 0. The van der Waals surface area contributed by atoms with Gasteiger partial charge < -0.3 is 10.0 Å². The fourth-order valence-electron chi connectivity index (χ4n) is 3.06. The molecular weight excluding hydrogens is 166 g/mol. The van der Waals surface area contributed by atoms with E-state index in [2.05, 4.69) is 18.9 Å². The van der Waals surface area contributed by atoms with E-state index in [9.17, 15) is 4.79 Å². The Balaban J connectivity index is 2.17. The van der Waals surface area contributed by atoms with Crippen molar-refractivity contribution in [2.24, 2.45) is 11.8 Å². The molecule has 0 aromatic heterocycles. The maximum atomic E-state index is 11.0. The van der Waals surface area contributed by atoms with Crippen LogP contribution in [0.15, 0.2) is 0 Å². The van der Waals surface area contributed by atoms with Gasteiger partial charge in [-0.3, -0.25) is 4.79 Å². The molecule has 2 bridgehead atoms. The van der Waals surface area contributed by atoms with Gasteiger partial charge >= 0.3 is 5.97 Å². The molecule has 0 saturated carbocycles. The molecule has 0 aromatic carbocycles. The second-order valence-corrected chi connectivity index (χ2v) is 4.50. The van der Waals surface area contributed by atoms with E-state index in [1.807, 2.05) is 0 Å². The van der Waals surface area contributed by atoms with Crippen molar-refractivity contribution in [3.05, 3.63) is 0 Å². The van der Waals surface area contributed by atoms with E-state index in [0.29, 0.717) is 18.0 Å². The van der Waals surface area contributed by atoms with Gasteiger partial charge in [0.1, 0.15) is 0 Å². The summed E-state index contributed by atoms with van der Waals surface area (Å²) in [5, 5.41) is 9.04. The third-order valence-corrected chi connectivity index (χ3v) is 3.98. The topological polar surface area (TPSA) is 40.5 Å². The average molecular weight is 183 g/mol. The van der Waals surface area contributed by atoms with Gasteiger partial charge in [-0.25, -0.2) is 0 Å². The third kappa shape index (κ3) is 1.26. The van der Waals surface area contributed by atoms with Crippen LogP contribution < -0.4 is 0 Å². The number of carbonyl (C=O) groups is 1. The molecule has 2 rings (SSSR count). The minimum atomic E-state index is -0.600. The van der Waals surface area contributed by atoms with Crippen LogP contribution in [0.25, 0.3) is 0 Å². The molecule has 2 heterocycles. The lowest BCUT2D eigenvalue weighted by Crippen LogP contribution is -2.47. The lowest BCUT2D eigenvalue weighted by molar-refractivity contribution is -0.146. The molecule has 0 aliphatic carbocycles. The number of piperidine rings is 1. The molecule has 4 atom stereocenters. The number of rotatable bonds is 1. The number of aliphatic carboxylic acids is 1. The zero-order chi connectivity index (χ0) is 9.59. The van der Waals surface area contributed by atoms with E-state index in [0.717, 1.165) is 6.42 Å². The fraction of sp³-hybridized carbons (Fsp3) is 0.900. The molecule has 1 N–H and O–H groups in total. The number of carboxylic acid groups (broad SMARTS) is 1. The first kappa shape index (κ1) is 9.00. The van der Waals surface area contributed by atoms with Gasteiger partial charge in [-0.1, -0.05) is 6.92 Å². The molecule has 3 heteroatoms. The Bertz CT molecular complexity index is 229. The van der Waals surface area contributed by atoms with Gasteiger partial charge in [0.25, 0.3) is 0 Å². The van der Waals surface area contributed by atoms with Gasteiger partial charge in [0.05, 0.1) is 5.92 Å². The Labute approximate surface area is 78.7 Å². The normalized spacial score (nSPS) is 45.1. The summed E-state index contributed by atoms with van der Waals surface area (Å²) in [6, 6.07) is 1.04. The molecule has 0 amide bonds. The van der Waals surface area contributed by atoms with Crippen LogP contribution in [-0.2, 0) is 4.79 Å². The molecule has 2 fully saturated rings. The average Bonchev–Trinajstić information content (AvgIpc) is 2.29. The van der Waals surface area contributed by atoms with Crippen LogP contribution in [0.5, 0.6) is 0 Å². The Morgan fingerprint density at radius 1 is 1.46 bits per heavy atom. The largest absolute Gasteiger partial charge is 0.481 e. The second kappa shape index (κ2) is 2.98. The Hall–Kier alpha value is -0.570. The van der Waals surface area contributed by atoms with Crippen molar-refractivity contribution < 1.29 is 9.90 Å². The number of hydrogen-bond donors (Lipinski definition) is 1. The van der Waals surface area contributed by atoms with Gasteiger partial charge in [-0.05, 0) is 32.2 Å². The lowest BCUT2D eigenvalue weighted by Gasteiger charge is -2.39. The quantitative estimate of drug-likeness (QED) is 0.664. The van der Waals surface area contributed by atoms with Crippen molar-refractivity contribution in [3.63, 3.8) is 0 Å². The zero-order valence-corrected chi connectivity index (χ0v) is 8.23. The third-order valence-electron chi connectivity index (χ3n) is 3.98. The Morgan fingerprint density at radius 2 is 2.15 bits per heavy atom. The monoisotopic (exact) mass is 183 g/mol. The van der Waals surface area contributed by atoms with Crippen LogP contribution in [0.1, 0.15) is 26.2 Å². The Kier molecular flexibility index (Phi) is 2.06. The van der Waals surface area contributed by atoms with Crippen molar-refractivity contribution in [3.8, 4) is 0 Å². The van der Waals surface area contributed by atoms with E-state index in [-0.39, 0.29) is 5.92 Å². The maximum absolute atomic E-state index is 11.0. The smallest absolute Gasteiger partial charge is 0.306 e. The van der Waals surface area contributed by atoms with Gasteiger partial charge in [0.15, 0.2) is 0 Å². The van der Waals surface area contributed by atoms with E-state index >= 15 is 0 Å². The highest BCUT2D eigenvalue weighted by Crippen LogP contribution is 2.41. The molecule has 2 aliphatic rings. The maximum Gasteiger partial charge on any atom is 0.306 e. The Morgan fingerprint density at radius 3 is 2.77 bits per heavy atom. The number of fused-ring (bicyclic) bond motifs is 2. The van der Waals surface area contributed by atoms with E-state index < -0.39 is 5.97 Å². The summed E-state index contributed by atoms with van der Waals surface area (Å²) in [5.41, 5.74) is 0. The zero-order valence-electron chi connectivity index (χ0n) is 8.23. The van der Waals surface area contributed by atoms with Crippen LogP contribution in [-0.4, -0.2) is 35.1 Å². The highest BCUT2D eigenvalue weighted by atomic mass is 16.4. The molecule has 2 aliphatic heterocycles. The standard InChI is InChI=1S/C10H17NO2/c1-6-8(10(12)13)5-7-3-4-9(6)11(7)2/h6-9H,3-5H2,1-2H3,(H,12,13). The van der Waals surface area contributed by atoms with Gasteiger partial charge in [-0.2, -0.15) is 0 Å². The number of nitrogens with zero attached hydrogens (tertiary/aromatic N) is 1. The minimum absolute atomic E-state index is 0.103. The first-order valence-electron chi connectivity index (χ1n) is 5.06. The first-order chi connectivity index (χ1) is 6.11. The molecule has 13 heavy (non-hydrogen) atoms. The van der Waals surface area contributed by atoms with Crippen LogP contribution in [0, 0.1) is 11.8 Å². The predicted molar refractivity (Wildman–Crippen MR) is 49.5 cm³/mol. The first-order valence-corrected chi connectivity index (χ1v) is 5.06. The van der Waals surface area contributed by atoms with Crippen molar-refractivity contribution in [1.82, 2.24) is 4.90 Å². The van der Waals surface area contributed by atoms with E-state index in [1.54, 1.807) is 0 Å². The van der Waals surface area contributed by atoms with Crippen molar-refractivity contribution in [2.45, 2.75) is 38.3 Å². The van der Waals surface area contributed by atoms with Crippen molar-refractivity contribution >= 4 is 5.97 Å². The highest BCUT2D eigenvalue weighted by molar-refractivity contribution is 5.70. The van der Waals surface area contributed by atoms with Crippen LogP contribution in [0.3, 0.4) is 0 Å². The number of hydrogen-bond acceptors (Lipinski definition) is 2. The molecule has 0 aromatic rings. The predicted octanol–water partition coefficient (Wildman–Crippen LogP) is 1.19. The summed E-state index contributed by atoms with van der Waals surface area (Å²) in [6.45, 7) is 2.08. The molecule has 0 radical (unpaired) electrons. The van der Waals surface area contributed by atoms with Gasteiger partial charge in [0.2, 0.25) is 0 Å². The minimum Gasteiger partial charge on any atom is -0.481 e. The van der Waals surface area contributed by atoms with Crippen LogP contribution in [0.2, 0.25) is 0 Å². The van der Waals surface area contributed by atoms with E-state index in [1.165, 1.54) is 12.8 Å². The number of carboxylic acids is 1. The van der Waals surface area contributed by atoms with E-state index in [4.69, 9.17) is 5.11 Å².